The molecule has 2 aromatic rings. The van der Waals surface area contributed by atoms with Gasteiger partial charge in [0, 0.05) is 37.5 Å². The van der Waals surface area contributed by atoms with E-state index in [9.17, 15) is 4.79 Å². The van der Waals surface area contributed by atoms with Crippen molar-refractivity contribution in [2.24, 2.45) is 0 Å². The second kappa shape index (κ2) is 13.3. The topological polar surface area (TPSA) is 45.7 Å². The molecule has 1 amide bonds. The normalized spacial score (nSPS) is 13.5. The average molecular weight is 452 g/mol. The lowest BCUT2D eigenvalue weighted by molar-refractivity contribution is -0.118. The summed E-state index contributed by atoms with van der Waals surface area (Å²) in [6.07, 6.45) is 15.9. The smallest absolute Gasteiger partial charge is 0.227 e. The molecule has 1 aromatic heterocycles. The van der Waals surface area contributed by atoms with E-state index in [-0.39, 0.29) is 5.91 Å². The van der Waals surface area contributed by atoms with Gasteiger partial charge < -0.3 is 14.5 Å². The zero-order chi connectivity index (χ0) is 23.5. The van der Waals surface area contributed by atoms with Crippen LogP contribution in [0.15, 0.2) is 36.7 Å². The van der Waals surface area contributed by atoms with Crippen molar-refractivity contribution in [1.29, 1.82) is 0 Å². The number of benzene rings is 1. The van der Waals surface area contributed by atoms with E-state index in [1.165, 1.54) is 56.9 Å². The summed E-state index contributed by atoms with van der Waals surface area (Å²) < 4.78 is 6.01. The molecule has 0 N–H and O–H groups in total. The summed E-state index contributed by atoms with van der Waals surface area (Å²) in [4.78, 5) is 20.4. The Hall–Kier alpha value is -2.40. The molecule has 1 aliphatic heterocycles. The molecule has 33 heavy (non-hydrogen) atoms. The van der Waals surface area contributed by atoms with Gasteiger partial charge in [0.15, 0.2) is 0 Å². The Labute approximate surface area is 200 Å². The van der Waals surface area contributed by atoms with Crippen LogP contribution >= 0.6 is 0 Å². The first-order valence-electron chi connectivity index (χ1n) is 12.7. The highest BCUT2D eigenvalue weighted by atomic mass is 16.5. The van der Waals surface area contributed by atoms with Crippen LogP contribution in [0.4, 0.5) is 5.69 Å². The second-order valence-electron chi connectivity index (χ2n) is 9.33. The van der Waals surface area contributed by atoms with E-state index < -0.39 is 0 Å². The van der Waals surface area contributed by atoms with Crippen LogP contribution in [-0.2, 0) is 11.2 Å². The van der Waals surface area contributed by atoms with Gasteiger partial charge >= 0.3 is 0 Å². The molecule has 1 aliphatic rings. The van der Waals surface area contributed by atoms with Crippen molar-refractivity contribution < 1.29 is 9.53 Å². The summed E-state index contributed by atoms with van der Waals surface area (Å²) in [5.74, 6) is 0.984. The number of amides is 1. The molecule has 0 unspecified atom stereocenters. The van der Waals surface area contributed by atoms with Gasteiger partial charge in [-0.3, -0.25) is 9.78 Å². The maximum Gasteiger partial charge on any atom is 0.227 e. The van der Waals surface area contributed by atoms with Crippen molar-refractivity contribution in [2.45, 2.75) is 71.1 Å². The van der Waals surface area contributed by atoms with Gasteiger partial charge in [0.2, 0.25) is 5.91 Å². The van der Waals surface area contributed by atoms with Gasteiger partial charge in [-0.05, 0) is 55.8 Å². The molecule has 3 rings (SSSR count). The zero-order valence-electron chi connectivity index (χ0n) is 20.8. The summed E-state index contributed by atoms with van der Waals surface area (Å²) in [5.41, 5.74) is 4.38. The number of carbonyl (C=O) groups is 1. The van der Waals surface area contributed by atoms with Crippen molar-refractivity contribution >= 4 is 11.6 Å². The van der Waals surface area contributed by atoms with Crippen LogP contribution in [0.5, 0.6) is 5.75 Å². The molecule has 0 saturated heterocycles. The van der Waals surface area contributed by atoms with Gasteiger partial charge in [-0.1, -0.05) is 57.9 Å². The summed E-state index contributed by atoms with van der Waals surface area (Å²) in [7, 11) is 4.02. The predicted octanol–water partition coefficient (Wildman–Crippen LogP) is 6.11. The molecule has 0 fully saturated rings. The molecule has 0 radical (unpaired) electrons. The quantitative estimate of drug-likeness (QED) is 0.325. The largest absolute Gasteiger partial charge is 0.491 e. The van der Waals surface area contributed by atoms with E-state index in [2.05, 4.69) is 42.1 Å². The number of ether oxygens (including phenoxy) is 1. The predicted molar refractivity (Wildman–Crippen MR) is 137 cm³/mol. The molecule has 0 atom stereocenters. The summed E-state index contributed by atoms with van der Waals surface area (Å²) in [6.45, 7) is 4.98. The second-order valence-corrected chi connectivity index (χ2v) is 9.33. The van der Waals surface area contributed by atoms with Crippen LogP contribution in [0.1, 0.15) is 70.3 Å². The number of hydrogen-bond donors (Lipinski definition) is 0. The maximum absolute atomic E-state index is 11.9. The number of rotatable bonds is 14. The lowest BCUT2D eigenvalue weighted by atomic mass is 9.97. The van der Waals surface area contributed by atoms with E-state index in [1.54, 1.807) is 11.1 Å². The third-order valence-corrected chi connectivity index (χ3v) is 6.60. The minimum atomic E-state index is 0.180. The SMILES string of the molecule is CCCCCCCCCCN(C)CCOc1cncc(-c2ccc3c(c2)CCC(=O)N3C)c1. The monoisotopic (exact) mass is 451 g/mol. The molecule has 1 aromatic carbocycles. The Kier molecular flexibility index (Phi) is 10.2. The van der Waals surface area contributed by atoms with Crippen molar-refractivity contribution in [3.05, 3.63) is 42.2 Å². The molecule has 0 aliphatic carbocycles. The van der Waals surface area contributed by atoms with Crippen molar-refractivity contribution in [3.63, 3.8) is 0 Å². The number of nitrogens with zero attached hydrogens (tertiary/aromatic N) is 3. The molecule has 2 heterocycles. The number of aryl methyl sites for hydroxylation is 1. The maximum atomic E-state index is 11.9. The van der Waals surface area contributed by atoms with Crippen molar-refractivity contribution in [2.75, 3.05) is 38.7 Å². The number of hydrogen-bond acceptors (Lipinski definition) is 4. The highest BCUT2D eigenvalue weighted by Gasteiger charge is 2.21. The van der Waals surface area contributed by atoms with Crippen LogP contribution in [0.3, 0.4) is 0 Å². The summed E-state index contributed by atoms with van der Waals surface area (Å²) >= 11 is 0. The fraction of sp³-hybridized carbons (Fsp3) is 0.571. The first-order chi connectivity index (χ1) is 16.1. The third-order valence-electron chi connectivity index (χ3n) is 6.60. The first kappa shape index (κ1) is 25.2. The van der Waals surface area contributed by atoms with Crippen LogP contribution in [0.25, 0.3) is 11.1 Å². The fourth-order valence-electron chi connectivity index (χ4n) is 4.44. The molecular weight excluding hydrogens is 410 g/mol. The van der Waals surface area contributed by atoms with Gasteiger partial charge in [0.05, 0.1) is 6.20 Å². The zero-order valence-corrected chi connectivity index (χ0v) is 20.8. The highest BCUT2D eigenvalue weighted by molar-refractivity contribution is 5.96. The number of fused-ring (bicyclic) bond motifs is 1. The highest BCUT2D eigenvalue weighted by Crippen LogP contribution is 2.32. The van der Waals surface area contributed by atoms with Crippen LogP contribution in [0, 0.1) is 0 Å². The Morgan fingerprint density at radius 3 is 2.48 bits per heavy atom. The molecule has 0 saturated carbocycles. The van der Waals surface area contributed by atoms with Gasteiger partial charge in [0.25, 0.3) is 0 Å². The van der Waals surface area contributed by atoms with Crippen molar-refractivity contribution in [1.82, 2.24) is 9.88 Å². The van der Waals surface area contributed by atoms with E-state index in [0.717, 1.165) is 42.1 Å². The van der Waals surface area contributed by atoms with Gasteiger partial charge in [-0.2, -0.15) is 0 Å². The van der Waals surface area contributed by atoms with Crippen LogP contribution in [0.2, 0.25) is 0 Å². The van der Waals surface area contributed by atoms with Crippen LogP contribution in [-0.4, -0.2) is 49.6 Å². The molecule has 0 spiro atoms. The average Bonchev–Trinajstić information content (AvgIpc) is 2.83. The Balaban J connectivity index is 1.40. The lowest BCUT2D eigenvalue weighted by Crippen LogP contribution is -2.30. The molecule has 180 valence electrons. The standard InChI is InChI=1S/C28H41N3O2/c1-4-5-6-7-8-9-10-11-16-30(2)17-18-33-26-20-25(21-29-22-26)23-12-14-27-24(19-23)13-15-28(32)31(27)3/h12,14,19-22H,4-11,13,15-18H2,1-3H3. The number of aromatic nitrogens is 1. The Morgan fingerprint density at radius 1 is 0.939 bits per heavy atom. The van der Waals surface area contributed by atoms with E-state index in [1.807, 2.05) is 19.3 Å². The molecule has 0 bridgehead atoms. The van der Waals surface area contributed by atoms with E-state index in [0.29, 0.717) is 13.0 Å². The number of pyridine rings is 1. The molecule has 5 nitrogen and oxygen atoms in total. The van der Waals surface area contributed by atoms with Gasteiger partial charge in [-0.25, -0.2) is 0 Å². The fourth-order valence-corrected chi connectivity index (χ4v) is 4.44. The Morgan fingerprint density at radius 2 is 1.70 bits per heavy atom. The minimum Gasteiger partial charge on any atom is -0.491 e. The first-order valence-corrected chi connectivity index (χ1v) is 12.7. The Bertz CT molecular complexity index is 883. The summed E-state index contributed by atoms with van der Waals surface area (Å²) in [6, 6.07) is 8.34. The third kappa shape index (κ3) is 7.85. The number of carbonyl (C=O) groups excluding carboxylic acids is 1. The van der Waals surface area contributed by atoms with Gasteiger partial charge in [0.1, 0.15) is 12.4 Å². The number of unbranched alkanes of at least 4 members (excludes halogenated alkanes) is 7. The van der Waals surface area contributed by atoms with Crippen molar-refractivity contribution in [3.8, 4) is 16.9 Å². The van der Waals surface area contributed by atoms with E-state index >= 15 is 0 Å². The van der Waals surface area contributed by atoms with Gasteiger partial charge in [-0.15, -0.1) is 0 Å². The molecular formula is C28H41N3O2. The van der Waals surface area contributed by atoms with E-state index in [4.69, 9.17) is 4.74 Å². The minimum absolute atomic E-state index is 0.180. The lowest BCUT2D eigenvalue weighted by Gasteiger charge is -2.26. The number of likely N-dealkylation sites (N-methyl/N-ethyl adjacent to an activating group) is 1. The number of anilines is 1. The molecule has 5 heteroatoms. The summed E-state index contributed by atoms with van der Waals surface area (Å²) in [5, 5.41) is 0. The van der Waals surface area contributed by atoms with Crippen LogP contribution < -0.4 is 9.64 Å².